The summed E-state index contributed by atoms with van der Waals surface area (Å²) >= 11 is 3.42. The highest BCUT2D eigenvalue weighted by molar-refractivity contribution is 9.10. The van der Waals surface area contributed by atoms with Crippen molar-refractivity contribution < 1.29 is 18.0 Å². The molecule has 2 amide bonds. The SMILES string of the molecule is Cc1ccc(N(CC(=O)N(Cc2ccc(Br)cc2)[C@H](C)C(=O)NC2CCCCC2)S(C)(=O)=O)c(C)c1. The van der Waals surface area contributed by atoms with Crippen molar-refractivity contribution in [2.75, 3.05) is 17.1 Å². The van der Waals surface area contributed by atoms with Crippen LogP contribution in [0.3, 0.4) is 0 Å². The summed E-state index contributed by atoms with van der Waals surface area (Å²) in [6.07, 6.45) is 6.31. The Morgan fingerprint density at radius 1 is 1.06 bits per heavy atom. The molecule has 2 aromatic carbocycles. The van der Waals surface area contributed by atoms with Gasteiger partial charge >= 0.3 is 0 Å². The van der Waals surface area contributed by atoms with Gasteiger partial charge in [-0.25, -0.2) is 8.42 Å². The minimum Gasteiger partial charge on any atom is -0.352 e. The predicted octanol–water partition coefficient (Wildman–Crippen LogP) is 4.70. The topological polar surface area (TPSA) is 86.8 Å². The van der Waals surface area contributed by atoms with Crippen LogP contribution in [0.25, 0.3) is 0 Å². The number of hydrogen-bond acceptors (Lipinski definition) is 4. The minimum atomic E-state index is -3.75. The van der Waals surface area contributed by atoms with Crippen molar-refractivity contribution in [3.05, 3.63) is 63.6 Å². The van der Waals surface area contributed by atoms with Crippen molar-refractivity contribution in [2.45, 2.75) is 71.5 Å². The van der Waals surface area contributed by atoms with Crippen molar-refractivity contribution in [3.63, 3.8) is 0 Å². The molecule has 0 radical (unpaired) electrons. The predicted molar refractivity (Wildman–Crippen MR) is 147 cm³/mol. The Hall–Kier alpha value is -2.39. The van der Waals surface area contributed by atoms with Gasteiger partial charge in [-0.2, -0.15) is 0 Å². The van der Waals surface area contributed by atoms with E-state index in [1.807, 2.05) is 50.2 Å². The number of aryl methyl sites for hydroxylation is 2. The van der Waals surface area contributed by atoms with Gasteiger partial charge in [0.05, 0.1) is 11.9 Å². The number of nitrogens with one attached hydrogen (secondary N) is 1. The van der Waals surface area contributed by atoms with Crippen LogP contribution in [-0.4, -0.2) is 50.0 Å². The minimum absolute atomic E-state index is 0.112. The first-order valence-corrected chi connectivity index (χ1v) is 15.0. The number of hydrogen-bond donors (Lipinski definition) is 1. The molecule has 7 nitrogen and oxygen atoms in total. The maximum absolute atomic E-state index is 13.7. The normalized spacial score (nSPS) is 15.2. The smallest absolute Gasteiger partial charge is 0.244 e. The highest BCUT2D eigenvalue weighted by Crippen LogP contribution is 2.25. The molecule has 0 aliphatic heterocycles. The van der Waals surface area contributed by atoms with Crippen LogP contribution in [0, 0.1) is 13.8 Å². The lowest BCUT2D eigenvalue weighted by Crippen LogP contribution is -2.53. The molecule has 196 valence electrons. The molecule has 0 saturated heterocycles. The number of halogens is 1. The Morgan fingerprint density at radius 3 is 2.28 bits per heavy atom. The first-order chi connectivity index (χ1) is 17.0. The summed E-state index contributed by atoms with van der Waals surface area (Å²) in [6.45, 7) is 5.26. The molecular weight excluding hydrogens is 542 g/mol. The van der Waals surface area contributed by atoms with Gasteiger partial charge < -0.3 is 10.2 Å². The number of carbonyl (C=O) groups is 2. The van der Waals surface area contributed by atoms with Crippen LogP contribution in [-0.2, 0) is 26.2 Å². The van der Waals surface area contributed by atoms with Gasteiger partial charge in [0.2, 0.25) is 21.8 Å². The molecule has 1 saturated carbocycles. The van der Waals surface area contributed by atoms with Gasteiger partial charge in [0.1, 0.15) is 12.6 Å². The molecule has 0 spiro atoms. The maximum Gasteiger partial charge on any atom is 0.244 e. The number of amides is 2. The highest BCUT2D eigenvalue weighted by Gasteiger charge is 2.31. The van der Waals surface area contributed by atoms with E-state index < -0.39 is 22.0 Å². The number of carbonyl (C=O) groups excluding carboxylic acids is 2. The van der Waals surface area contributed by atoms with Gasteiger partial charge in [0.15, 0.2) is 0 Å². The molecule has 0 unspecified atom stereocenters. The lowest BCUT2D eigenvalue weighted by atomic mass is 9.95. The largest absolute Gasteiger partial charge is 0.352 e. The van der Waals surface area contributed by atoms with Gasteiger partial charge in [0, 0.05) is 17.1 Å². The number of rotatable bonds is 9. The van der Waals surface area contributed by atoms with Crippen molar-refractivity contribution in [2.24, 2.45) is 0 Å². The third-order valence-electron chi connectivity index (χ3n) is 6.69. The summed E-state index contributed by atoms with van der Waals surface area (Å²) in [5, 5.41) is 3.11. The Morgan fingerprint density at radius 2 is 1.69 bits per heavy atom. The Labute approximate surface area is 223 Å². The van der Waals surface area contributed by atoms with E-state index in [1.165, 1.54) is 11.3 Å². The number of nitrogens with zero attached hydrogens (tertiary/aromatic N) is 2. The zero-order chi connectivity index (χ0) is 26.5. The monoisotopic (exact) mass is 577 g/mol. The first-order valence-electron chi connectivity index (χ1n) is 12.3. The molecule has 3 rings (SSSR count). The second-order valence-corrected chi connectivity index (χ2v) is 12.5. The molecule has 1 fully saturated rings. The van der Waals surface area contributed by atoms with E-state index in [4.69, 9.17) is 0 Å². The summed E-state index contributed by atoms with van der Waals surface area (Å²) in [4.78, 5) is 28.4. The lowest BCUT2D eigenvalue weighted by Gasteiger charge is -2.33. The van der Waals surface area contributed by atoms with Crippen LogP contribution in [0.5, 0.6) is 0 Å². The van der Waals surface area contributed by atoms with Crippen molar-refractivity contribution in [3.8, 4) is 0 Å². The van der Waals surface area contributed by atoms with Gasteiger partial charge in [-0.05, 0) is 62.9 Å². The van der Waals surface area contributed by atoms with Gasteiger partial charge in [0.25, 0.3) is 0 Å². The van der Waals surface area contributed by atoms with E-state index in [0.717, 1.165) is 57.4 Å². The summed E-state index contributed by atoms with van der Waals surface area (Å²) in [7, 11) is -3.75. The van der Waals surface area contributed by atoms with E-state index >= 15 is 0 Å². The molecule has 0 aromatic heterocycles. The van der Waals surface area contributed by atoms with Gasteiger partial charge in [-0.15, -0.1) is 0 Å². The molecule has 0 heterocycles. The number of anilines is 1. The van der Waals surface area contributed by atoms with Crippen LogP contribution in [0.2, 0.25) is 0 Å². The van der Waals surface area contributed by atoms with Crippen LogP contribution in [0.15, 0.2) is 46.9 Å². The number of sulfonamides is 1. The van der Waals surface area contributed by atoms with E-state index in [2.05, 4.69) is 21.2 Å². The summed E-state index contributed by atoms with van der Waals surface area (Å²) in [5.41, 5.74) is 3.07. The van der Waals surface area contributed by atoms with Crippen LogP contribution in [0.4, 0.5) is 5.69 Å². The Balaban J connectivity index is 1.88. The quantitative estimate of drug-likeness (QED) is 0.468. The average Bonchev–Trinajstić information content (AvgIpc) is 2.82. The molecule has 1 aliphatic rings. The molecule has 0 bridgehead atoms. The van der Waals surface area contributed by atoms with Gasteiger partial charge in [-0.1, -0.05) is 65.0 Å². The third-order valence-corrected chi connectivity index (χ3v) is 8.34. The Kier molecular flexibility index (Phi) is 9.58. The lowest BCUT2D eigenvalue weighted by molar-refractivity contribution is -0.139. The fraction of sp³-hybridized carbons (Fsp3) is 0.481. The molecule has 36 heavy (non-hydrogen) atoms. The third kappa shape index (κ3) is 7.56. The van der Waals surface area contributed by atoms with E-state index in [1.54, 1.807) is 13.0 Å². The fourth-order valence-corrected chi connectivity index (χ4v) is 5.79. The zero-order valence-electron chi connectivity index (χ0n) is 21.5. The maximum atomic E-state index is 13.7. The van der Waals surface area contributed by atoms with Crippen molar-refractivity contribution in [1.29, 1.82) is 0 Å². The second-order valence-electron chi connectivity index (χ2n) is 9.73. The second kappa shape index (κ2) is 12.2. The summed E-state index contributed by atoms with van der Waals surface area (Å²) in [6, 6.07) is 12.3. The molecule has 2 aromatic rings. The Bertz CT molecular complexity index is 1180. The number of benzene rings is 2. The van der Waals surface area contributed by atoms with E-state index in [-0.39, 0.29) is 25.0 Å². The zero-order valence-corrected chi connectivity index (χ0v) is 23.9. The van der Waals surface area contributed by atoms with Crippen LogP contribution < -0.4 is 9.62 Å². The summed E-state index contributed by atoms with van der Waals surface area (Å²) < 4.78 is 27.6. The molecule has 1 aliphatic carbocycles. The van der Waals surface area contributed by atoms with Crippen LogP contribution >= 0.6 is 15.9 Å². The molecular formula is C27H36BrN3O4S. The fourth-order valence-electron chi connectivity index (χ4n) is 4.62. The van der Waals surface area contributed by atoms with Crippen LogP contribution in [0.1, 0.15) is 55.7 Å². The van der Waals surface area contributed by atoms with E-state index in [9.17, 15) is 18.0 Å². The highest BCUT2D eigenvalue weighted by atomic mass is 79.9. The van der Waals surface area contributed by atoms with Crippen molar-refractivity contribution in [1.82, 2.24) is 10.2 Å². The summed E-state index contributed by atoms with van der Waals surface area (Å²) in [5.74, 6) is -0.653. The standard InChI is InChI=1S/C27H36BrN3O4S/c1-19-10-15-25(20(2)16-19)31(36(4,34)35)18-26(32)30(17-22-11-13-23(28)14-12-22)21(3)27(33)29-24-8-6-5-7-9-24/h10-16,21,24H,5-9,17-18H2,1-4H3,(H,29,33)/t21-/m1/s1. The molecule has 9 heteroatoms. The molecule has 1 N–H and O–H groups in total. The van der Waals surface area contributed by atoms with Crippen molar-refractivity contribution >= 4 is 43.5 Å². The molecule has 1 atom stereocenters. The van der Waals surface area contributed by atoms with Gasteiger partial charge in [-0.3, -0.25) is 13.9 Å². The first kappa shape index (κ1) is 28.2. The average molecular weight is 579 g/mol. The van der Waals surface area contributed by atoms with E-state index in [0.29, 0.717) is 5.69 Å².